The highest BCUT2D eigenvalue weighted by Crippen LogP contribution is 2.26. The summed E-state index contributed by atoms with van der Waals surface area (Å²) in [5.41, 5.74) is 1.51. The number of carbonyl (C=O) groups is 2. The van der Waals surface area contributed by atoms with Crippen LogP contribution in [0.1, 0.15) is 26.5 Å². The zero-order valence-electron chi connectivity index (χ0n) is 11.3. The molecule has 1 aliphatic rings. The van der Waals surface area contributed by atoms with Gasteiger partial charge in [0.2, 0.25) is 0 Å². The number of fused-ring (bicyclic) bond motifs is 3. The molecule has 0 bridgehead atoms. The predicted octanol–water partition coefficient (Wildman–Crippen LogP) is 1.13. The summed E-state index contributed by atoms with van der Waals surface area (Å²) in [6.07, 6.45) is 1.43. The number of hydrogen-bond acceptors (Lipinski definition) is 4. The smallest absolute Gasteiger partial charge is 0.356 e. The predicted molar refractivity (Wildman–Crippen MR) is 72.3 cm³/mol. The molecule has 0 unspecified atom stereocenters. The number of rotatable bonds is 3. The van der Waals surface area contributed by atoms with Gasteiger partial charge in [0.05, 0.1) is 23.5 Å². The second-order valence-corrected chi connectivity index (χ2v) is 4.65. The van der Waals surface area contributed by atoms with Gasteiger partial charge in [-0.15, -0.1) is 0 Å². The van der Waals surface area contributed by atoms with Crippen molar-refractivity contribution < 1.29 is 19.4 Å². The van der Waals surface area contributed by atoms with Crippen LogP contribution in [0.5, 0.6) is 0 Å². The molecule has 21 heavy (non-hydrogen) atoms. The average Bonchev–Trinajstić information content (AvgIpc) is 2.85. The molecular weight excluding hydrogens is 274 g/mol. The first-order valence-electron chi connectivity index (χ1n) is 6.30. The average molecular weight is 287 g/mol. The highest BCUT2D eigenvalue weighted by molar-refractivity contribution is 5.99. The highest BCUT2D eigenvalue weighted by atomic mass is 16.5. The van der Waals surface area contributed by atoms with Crippen molar-refractivity contribution >= 4 is 11.9 Å². The van der Waals surface area contributed by atoms with E-state index in [1.165, 1.54) is 18.3 Å². The number of aromatic carboxylic acids is 1. The third-order valence-electron chi connectivity index (χ3n) is 3.38. The van der Waals surface area contributed by atoms with Gasteiger partial charge in [-0.25, -0.2) is 9.78 Å². The Morgan fingerprint density at radius 1 is 1.43 bits per heavy atom. The maximum atomic E-state index is 12.5. The normalized spacial score (nSPS) is 13.6. The fraction of sp³-hybridized carbons (Fsp3) is 0.214. The first-order valence-corrected chi connectivity index (χ1v) is 6.30. The molecule has 2 heterocycles. The van der Waals surface area contributed by atoms with Crippen molar-refractivity contribution in [2.75, 3.05) is 13.8 Å². The zero-order chi connectivity index (χ0) is 15.0. The number of imidazole rings is 1. The number of hydrogen-bond donors (Lipinski definition) is 1. The monoisotopic (exact) mass is 287 g/mol. The number of amides is 1. The minimum atomic E-state index is -1.12. The summed E-state index contributed by atoms with van der Waals surface area (Å²) < 4.78 is 6.69. The van der Waals surface area contributed by atoms with Crippen molar-refractivity contribution in [2.45, 2.75) is 6.54 Å². The SMILES string of the molecule is COCN1Cc2c(C(=O)O)ncn2-c2ccccc2C1=O. The molecule has 0 saturated carbocycles. The van der Waals surface area contributed by atoms with Gasteiger partial charge in [-0.3, -0.25) is 9.36 Å². The van der Waals surface area contributed by atoms with E-state index in [0.29, 0.717) is 16.9 Å². The van der Waals surface area contributed by atoms with Gasteiger partial charge in [0.1, 0.15) is 13.1 Å². The lowest BCUT2D eigenvalue weighted by atomic mass is 10.1. The second-order valence-electron chi connectivity index (χ2n) is 4.65. The number of carbonyl (C=O) groups excluding carboxylic acids is 1. The largest absolute Gasteiger partial charge is 0.476 e. The van der Waals surface area contributed by atoms with E-state index in [2.05, 4.69) is 4.98 Å². The molecule has 1 N–H and O–H groups in total. The van der Waals surface area contributed by atoms with E-state index in [-0.39, 0.29) is 24.9 Å². The van der Waals surface area contributed by atoms with E-state index in [0.717, 1.165) is 0 Å². The number of carboxylic acid groups (broad SMARTS) is 1. The van der Waals surface area contributed by atoms with Crippen LogP contribution in [-0.4, -0.2) is 45.3 Å². The molecule has 1 aliphatic heterocycles. The van der Waals surface area contributed by atoms with Crippen LogP contribution >= 0.6 is 0 Å². The molecule has 0 radical (unpaired) electrons. The standard InChI is InChI=1S/C14H13N3O4/c1-21-8-16-6-11-12(14(19)20)15-7-17(11)10-5-3-2-4-9(10)13(16)18/h2-5,7H,6,8H2,1H3,(H,19,20). The van der Waals surface area contributed by atoms with Crippen LogP contribution in [0.2, 0.25) is 0 Å². The van der Waals surface area contributed by atoms with E-state index in [9.17, 15) is 14.7 Å². The molecule has 1 amide bonds. The van der Waals surface area contributed by atoms with Crippen molar-refractivity contribution in [2.24, 2.45) is 0 Å². The Labute approximate surface area is 120 Å². The van der Waals surface area contributed by atoms with E-state index in [4.69, 9.17) is 4.74 Å². The molecule has 3 rings (SSSR count). The van der Waals surface area contributed by atoms with Gasteiger partial charge in [-0.05, 0) is 12.1 Å². The summed E-state index contributed by atoms with van der Waals surface area (Å²) in [6, 6.07) is 7.03. The van der Waals surface area contributed by atoms with Gasteiger partial charge in [0.15, 0.2) is 5.69 Å². The molecule has 1 aromatic carbocycles. The van der Waals surface area contributed by atoms with Gasteiger partial charge in [0.25, 0.3) is 5.91 Å². The fourth-order valence-electron chi connectivity index (χ4n) is 2.46. The molecule has 0 atom stereocenters. The minimum Gasteiger partial charge on any atom is -0.476 e. The van der Waals surface area contributed by atoms with Gasteiger partial charge in [-0.2, -0.15) is 0 Å². The van der Waals surface area contributed by atoms with Crippen molar-refractivity contribution in [3.8, 4) is 5.69 Å². The number of ether oxygens (including phenoxy) is 1. The zero-order valence-corrected chi connectivity index (χ0v) is 11.3. The molecule has 0 saturated heterocycles. The van der Waals surface area contributed by atoms with Gasteiger partial charge < -0.3 is 14.7 Å². The van der Waals surface area contributed by atoms with Crippen LogP contribution in [0.4, 0.5) is 0 Å². The van der Waals surface area contributed by atoms with Gasteiger partial charge >= 0.3 is 5.97 Å². The number of nitrogens with zero attached hydrogens (tertiary/aromatic N) is 3. The summed E-state index contributed by atoms with van der Waals surface area (Å²) in [6.45, 7) is 0.209. The Bertz CT molecular complexity index is 723. The summed E-state index contributed by atoms with van der Waals surface area (Å²) in [7, 11) is 1.49. The van der Waals surface area contributed by atoms with Crippen LogP contribution in [0, 0.1) is 0 Å². The third kappa shape index (κ3) is 2.07. The number of aromatic nitrogens is 2. The quantitative estimate of drug-likeness (QED) is 0.914. The molecule has 1 aromatic heterocycles. The summed E-state index contributed by atoms with van der Waals surface area (Å²) in [5, 5.41) is 9.24. The first kappa shape index (κ1) is 13.3. The fourth-order valence-corrected chi connectivity index (χ4v) is 2.46. The van der Waals surface area contributed by atoms with Crippen LogP contribution in [0.15, 0.2) is 30.6 Å². The Kier molecular flexibility index (Phi) is 3.19. The van der Waals surface area contributed by atoms with Crippen molar-refractivity contribution in [3.63, 3.8) is 0 Å². The molecule has 2 aromatic rings. The first-order chi connectivity index (χ1) is 10.1. The third-order valence-corrected chi connectivity index (χ3v) is 3.38. The van der Waals surface area contributed by atoms with Crippen LogP contribution in [-0.2, 0) is 11.3 Å². The second kappa shape index (κ2) is 5.02. The van der Waals surface area contributed by atoms with E-state index in [1.54, 1.807) is 28.8 Å². The number of carboxylic acids is 1. The maximum Gasteiger partial charge on any atom is 0.356 e. The number of methoxy groups -OCH3 is 1. The number of benzene rings is 1. The van der Waals surface area contributed by atoms with E-state index < -0.39 is 5.97 Å². The lowest BCUT2D eigenvalue weighted by molar-refractivity contribution is 0.0387. The highest BCUT2D eigenvalue weighted by Gasteiger charge is 2.29. The molecule has 0 aliphatic carbocycles. The molecular formula is C14H13N3O4. The lowest BCUT2D eigenvalue weighted by Crippen LogP contribution is -2.32. The Morgan fingerprint density at radius 3 is 2.90 bits per heavy atom. The van der Waals surface area contributed by atoms with Crippen molar-refractivity contribution in [1.82, 2.24) is 14.5 Å². The Hall–Kier alpha value is -2.67. The Balaban J connectivity index is 2.23. The van der Waals surface area contributed by atoms with Crippen molar-refractivity contribution in [3.05, 3.63) is 47.5 Å². The summed E-state index contributed by atoms with van der Waals surface area (Å²) in [5.74, 6) is -1.32. The topological polar surface area (TPSA) is 84.7 Å². The number of para-hydroxylation sites is 1. The minimum absolute atomic E-state index is 0.0550. The molecule has 0 fully saturated rings. The lowest BCUT2D eigenvalue weighted by Gasteiger charge is -2.19. The summed E-state index contributed by atoms with van der Waals surface area (Å²) in [4.78, 5) is 29.2. The van der Waals surface area contributed by atoms with E-state index in [1.807, 2.05) is 0 Å². The van der Waals surface area contributed by atoms with Crippen molar-refractivity contribution in [1.29, 1.82) is 0 Å². The Morgan fingerprint density at radius 2 is 2.19 bits per heavy atom. The van der Waals surface area contributed by atoms with E-state index >= 15 is 0 Å². The molecule has 0 spiro atoms. The van der Waals surface area contributed by atoms with Crippen LogP contribution in [0.25, 0.3) is 5.69 Å². The van der Waals surface area contributed by atoms with Crippen LogP contribution in [0.3, 0.4) is 0 Å². The van der Waals surface area contributed by atoms with Crippen LogP contribution < -0.4 is 0 Å². The van der Waals surface area contributed by atoms with Gasteiger partial charge in [-0.1, -0.05) is 12.1 Å². The molecule has 7 nitrogen and oxygen atoms in total. The van der Waals surface area contributed by atoms with Gasteiger partial charge in [0, 0.05) is 7.11 Å². The molecule has 7 heteroatoms. The molecule has 108 valence electrons. The maximum absolute atomic E-state index is 12.5. The summed E-state index contributed by atoms with van der Waals surface area (Å²) >= 11 is 0.